The van der Waals surface area contributed by atoms with Crippen molar-refractivity contribution in [2.45, 2.75) is 13.8 Å². The monoisotopic (exact) mass is 303 g/mol. The predicted molar refractivity (Wildman–Crippen MR) is 86.0 cm³/mol. The number of aromatic nitrogens is 3. The number of rotatable bonds is 7. The fraction of sp³-hybridized carbons (Fsp3) is 0.400. The van der Waals surface area contributed by atoms with E-state index in [0.717, 1.165) is 12.2 Å². The first kappa shape index (κ1) is 15.8. The summed E-state index contributed by atoms with van der Waals surface area (Å²) in [6, 6.07) is 5.49. The van der Waals surface area contributed by atoms with Gasteiger partial charge in [-0.2, -0.15) is 10.1 Å². The standard InChI is InChI=1S/C15H21N5O2/c1-10(2)8-16-14-9-17-20-15(19-14)18-11-5-6-12(21-3)13(7-11)22-4/h5-7,9-10H,8H2,1-4H3,(H2,16,18,19,20). The van der Waals surface area contributed by atoms with Crippen LogP contribution in [0.2, 0.25) is 0 Å². The largest absolute Gasteiger partial charge is 0.493 e. The Bertz CT molecular complexity index is 619. The molecule has 0 amide bonds. The molecule has 1 aromatic heterocycles. The molecule has 2 N–H and O–H groups in total. The molecule has 118 valence electrons. The molecule has 1 heterocycles. The van der Waals surface area contributed by atoms with Gasteiger partial charge in [-0.15, -0.1) is 5.10 Å². The van der Waals surface area contributed by atoms with Crippen LogP contribution < -0.4 is 20.1 Å². The van der Waals surface area contributed by atoms with Crippen LogP contribution in [0.15, 0.2) is 24.4 Å². The van der Waals surface area contributed by atoms with Crippen LogP contribution in [0.1, 0.15) is 13.8 Å². The predicted octanol–water partition coefficient (Wildman–Crippen LogP) is 2.70. The molecular weight excluding hydrogens is 282 g/mol. The molecule has 0 spiro atoms. The quantitative estimate of drug-likeness (QED) is 0.813. The van der Waals surface area contributed by atoms with Crippen molar-refractivity contribution in [2.24, 2.45) is 5.92 Å². The molecule has 0 unspecified atom stereocenters. The van der Waals surface area contributed by atoms with Crippen LogP contribution in [0, 0.1) is 5.92 Å². The minimum absolute atomic E-state index is 0.418. The van der Waals surface area contributed by atoms with E-state index in [0.29, 0.717) is 29.2 Å². The average Bonchev–Trinajstić information content (AvgIpc) is 2.53. The molecule has 0 bridgehead atoms. The van der Waals surface area contributed by atoms with Crippen molar-refractivity contribution in [3.8, 4) is 11.5 Å². The molecular formula is C15H21N5O2. The molecule has 7 nitrogen and oxygen atoms in total. The topological polar surface area (TPSA) is 81.2 Å². The number of nitrogens with one attached hydrogen (secondary N) is 2. The van der Waals surface area contributed by atoms with Crippen LogP contribution in [0.4, 0.5) is 17.5 Å². The summed E-state index contributed by atoms with van der Waals surface area (Å²) in [7, 11) is 3.19. The lowest BCUT2D eigenvalue weighted by molar-refractivity contribution is 0.355. The van der Waals surface area contributed by atoms with Crippen molar-refractivity contribution in [1.82, 2.24) is 15.2 Å². The van der Waals surface area contributed by atoms with Crippen LogP contribution in [-0.2, 0) is 0 Å². The van der Waals surface area contributed by atoms with Crippen LogP contribution in [-0.4, -0.2) is 35.9 Å². The van der Waals surface area contributed by atoms with Gasteiger partial charge in [-0.25, -0.2) is 0 Å². The van der Waals surface area contributed by atoms with Crippen LogP contribution in [0.5, 0.6) is 11.5 Å². The van der Waals surface area contributed by atoms with Gasteiger partial charge in [0.1, 0.15) is 0 Å². The number of anilines is 3. The van der Waals surface area contributed by atoms with Crippen molar-refractivity contribution in [2.75, 3.05) is 31.4 Å². The summed E-state index contributed by atoms with van der Waals surface area (Å²) in [5.41, 5.74) is 0.792. The summed E-state index contributed by atoms with van der Waals surface area (Å²) in [4.78, 5) is 4.37. The van der Waals surface area contributed by atoms with E-state index in [1.807, 2.05) is 18.2 Å². The van der Waals surface area contributed by atoms with Gasteiger partial charge in [0.05, 0.1) is 20.4 Å². The SMILES string of the molecule is COc1ccc(Nc2nncc(NCC(C)C)n2)cc1OC. The summed E-state index contributed by atoms with van der Waals surface area (Å²) in [5.74, 6) is 2.93. The number of nitrogens with zero attached hydrogens (tertiary/aromatic N) is 3. The normalized spacial score (nSPS) is 10.4. The minimum Gasteiger partial charge on any atom is -0.493 e. The molecule has 2 rings (SSSR count). The van der Waals surface area contributed by atoms with E-state index < -0.39 is 0 Å². The van der Waals surface area contributed by atoms with E-state index in [-0.39, 0.29) is 0 Å². The van der Waals surface area contributed by atoms with Crippen LogP contribution >= 0.6 is 0 Å². The van der Waals surface area contributed by atoms with Gasteiger partial charge in [-0.1, -0.05) is 13.8 Å². The van der Waals surface area contributed by atoms with E-state index in [9.17, 15) is 0 Å². The fourth-order valence-electron chi connectivity index (χ4n) is 1.79. The summed E-state index contributed by atoms with van der Waals surface area (Å²) in [5, 5.41) is 14.2. The van der Waals surface area contributed by atoms with E-state index in [1.165, 1.54) is 0 Å². The maximum Gasteiger partial charge on any atom is 0.249 e. The molecule has 0 fully saturated rings. The van der Waals surface area contributed by atoms with Crippen LogP contribution in [0.3, 0.4) is 0 Å². The van der Waals surface area contributed by atoms with Crippen molar-refractivity contribution in [3.63, 3.8) is 0 Å². The highest BCUT2D eigenvalue weighted by molar-refractivity contribution is 5.60. The lowest BCUT2D eigenvalue weighted by atomic mass is 10.2. The molecule has 0 saturated heterocycles. The molecule has 22 heavy (non-hydrogen) atoms. The van der Waals surface area contributed by atoms with Crippen molar-refractivity contribution < 1.29 is 9.47 Å². The first-order valence-electron chi connectivity index (χ1n) is 7.05. The van der Waals surface area contributed by atoms with Gasteiger partial charge in [0.15, 0.2) is 17.3 Å². The van der Waals surface area contributed by atoms with Crippen LogP contribution in [0.25, 0.3) is 0 Å². The molecule has 2 aromatic rings. The molecule has 0 saturated carbocycles. The Hall–Kier alpha value is -2.57. The third-order valence-corrected chi connectivity index (χ3v) is 2.89. The lowest BCUT2D eigenvalue weighted by Crippen LogP contribution is -2.10. The first-order valence-corrected chi connectivity index (χ1v) is 7.05. The van der Waals surface area contributed by atoms with E-state index in [1.54, 1.807) is 20.4 Å². The van der Waals surface area contributed by atoms with Gasteiger partial charge in [-0.05, 0) is 18.1 Å². The Morgan fingerprint density at radius 1 is 1.14 bits per heavy atom. The lowest BCUT2D eigenvalue weighted by Gasteiger charge is -2.11. The van der Waals surface area contributed by atoms with Gasteiger partial charge in [0.2, 0.25) is 5.95 Å². The second kappa shape index (κ2) is 7.44. The van der Waals surface area contributed by atoms with Gasteiger partial charge < -0.3 is 20.1 Å². The zero-order valence-electron chi connectivity index (χ0n) is 13.3. The maximum atomic E-state index is 5.27. The second-order valence-electron chi connectivity index (χ2n) is 5.13. The Kier molecular flexibility index (Phi) is 5.35. The number of hydrogen-bond acceptors (Lipinski definition) is 7. The van der Waals surface area contributed by atoms with E-state index in [2.05, 4.69) is 39.7 Å². The van der Waals surface area contributed by atoms with Crippen molar-refractivity contribution in [1.29, 1.82) is 0 Å². The highest BCUT2D eigenvalue weighted by Crippen LogP contribution is 2.30. The first-order chi connectivity index (χ1) is 10.6. The van der Waals surface area contributed by atoms with Gasteiger partial charge >= 0.3 is 0 Å². The summed E-state index contributed by atoms with van der Waals surface area (Å²) in [6.45, 7) is 5.09. The molecule has 0 aliphatic carbocycles. The molecule has 1 aromatic carbocycles. The third-order valence-electron chi connectivity index (χ3n) is 2.89. The summed E-state index contributed by atoms with van der Waals surface area (Å²) >= 11 is 0. The Morgan fingerprint density at radius 3 is 2.59 bits per heavy atom. The van der Waals surface area contributed by atoms with E-state index in [4.69, 9.17) is 9.47 Å². The highest BCUT2D eigenvalue weighted by atomic mass is 16.5. The molecule has 7 heteroatoms. The second-order valence-corrected chi connectivity index (χ2v) is 5.13. The van der Waals surface area contributed by atoms with Gasteiger partial charge in [0.25, 0.3) is 0 Å². The minimum atomic E-state index is 0.418. The zero-order chi connectivity index (χ0) is 15.9. The molecule has 0 atom stereocenters. The Morgan fingerprint density at radius 2 is 1.91 bits per heavy atom. The summed E-state index contributed by atoms with van der Waals surface area (Å²) < 4.78 is 10.5. The molecule has 0 aliphatic rings. The molecule has 0 aliphatic heterocycles. The van der Waals surface area contributed by atoms with Gasteiger partial charge in [0, 0.05) is 18.3 Å². The Balaban J connectivity index is 2.11. The summed E-state index contributed by atoms with van der Waals surface area (Å²) in [6.07, 6.45) is 1.60. The number of methoxy groups -OCH3 is 2. The van der Waals surface area contributed by atoms with Gasteiger partial charge in [-0.3, -0.25) is 0 Å². The van der Waals surface area contributed by atoms with Crippen molar-refractivity contribution >= 4 is 17.5 Å². The van der Waals surface area contributed by atoms with E-state index >= 15 is 0 Å². The number of ether oxygens (including phenoxy) is 2. The zero-order valence-corrected chi connectivity index (χ0v) is 13.3. The maximum absolute atomic E-state index is 5.27. The third kappa shape index (κ3) is 4.21. The Labute approximate surface area is 130 Å². The number of benzene rings is 1. The fourth-order valence-corrected chi connectivity index (χ4v) is 1.79. The smallest absolute Gasteiger partial charge is 0.249 e. The van der Waals surface area contributed by atoms with Crippen molar-refractivity contribution in [3.05, 3.63) is 24.4 Å². The molecule has 0 radical (unpaired) electrons. The number of hydrogen-bond donors (Lipinski definition) is 2. The highest BCUT2D eigenvalue weighted by Gasteiger charge is 2.07. The average molecular weight is 303 g/mol.